The maximum absolute atomic E-state index is 13.0. The van der Waals surface area contributed by atoms with Crippen molar-refractivity contribution in [2.45, 2.75) is 33.9 Å². The fourth-order valence-corrected chi connectivity index (χ4v) is 3.33. The molecule has 0 atom stereocenters. The predicted molar refractivity (Wildman–Crippen MR) is 115 cm³/mol. The molecule has 0 fully saturated rings. The van der Waals surface area contributed by atoms with Gasteiger partial charge in [0, 0.05) is 24.6 Å². The van der Waals surface area contributed by atoms with Crippen LogP contribution in [0.2, 0.25) is 0 Å². The molecule has 8 nitrogen and oxygen atoms in total. The van der Waals surface area contributed by atoms with Crippen LogP contribution in [0.3, 0.4) is 0 Å². The van der Waals surface area contributed by atoms with Crippen molar-refractivity contribution in [1.29, 1.82) is 0 Å². The topological polar surface area (TPSA) is 94.7 Å². The second-order valence-corrected chi connectivity index (χ2v) is 7.14. The van der Waals surface area contributed by atoms with Crippen molar-refractivity contribution in [2.75, 3.05) is 5.32 Å². The molecule has 8 heteroatoms. The number of carbonyl (C=O) groups is 1. The molecule has 0 spiro atoms. The van der Waals surface area contributed by atoms with Gasteiger partial charge in [-0.15, -0.1) is 0 Å². The molecule has 1 aromatic carbocycles. The number of benzene rings is 1. The first kappa shape index (κ1) is 19.5. The van der Waals surface area contributed by atoms with Gasteiger partial charge in [-0.3, -0.25) is 19.6 Å². The summed E-state index contributed by atoms with van der Waals surface area (Å²) < 4.78 is 3.49. The Balaban J connectivity index is 1.62. The van der Waals surface area contributed by atoms with Crippen molar-refractivity contribution in [3.63, 3.8) is 0 Å². The Morgan fingerprint density at radius 1 is 1.07 bits per heavy atom. The number of amides is 1. The van der Waals surface area contributed by atoms with Crippen molar-refractivity contribution in [3.8, 4) is 0 Å². The molecule has 4 aromatic rings. The van der Waals surface area contributed by atoms with E-state index in [4.69, 9.17) is 0 Å². The average molecular weight is 402 g/mol. The zero-order chi connectivity index (χ0) is 21.3. The van der Waals surface area contributed by atoms with Crippen LogP contribution in [0.4, 0.5) is 5.69 Å². The van der Waals surface area contributed by atoms with Gasteiger partial charge in [-0.1, -0.05) is 0 Å². The third-order valence-corrected chi connectivity index (χ3v) is 4.99. The van der Waals surface area contributed by atoms with E-state index in [9.17, 15) is 9.59 Å². The molecule has 0 aliphatic carbocycles. The number of aromatic nitrogens is 5. The Morgan fingerprint density at radius 2 is 1.90 bits per heavy atom. The van der Waals surface area contributed by atoms with Gasteiger partial charge in [-0.25, -0.2) is 4.98 Å². The molecule has 3 aromatic heterocycles. The van der Waals surface area contributed by atoms with Gasteiger partial charge in [0.2, 0.25) is 0 Å². The number of nitrogens with zero attached hydrogens (tertiary/aromatic N) is 5. The molecule has 4 rings (SSSR count). The molecule has 1 amide bonds. The van der Waals surface area contributed by atoms with E-state index in [1.54, 1.807) is 44.0 Å². The zero-order valence-corrected chi connectivity index (χ0v) is 17.1. The van der Waals surface area contributed by atoms with E-state index in [-0.39, 0.29) is 17.7 Å². The molecule has 1 N–H and O–H groups in total. The van der Waals surface area contributed by atoms with Crippen molar-refractivity contribution in [2.24, 2.45) is 0 Å². The highest BCUT2D eigenvalue weighted by molar-refractivity contribution is 6.05. The molecule has 0 saturated carbocycles. The quantitative estimate of drug-likeness (QED) is 0.554. The number of nitrogens with one attached hydrogen (secondary N) is 1. The van der Waals surface area contributed by atoms with Crippen LogP contribution in [0.1, 0.15) is 34.2 Å². The summed E-state index contributed by atoms with van der Waals surface area (Å²) in [6.07, 6.45) is 6.72. The highest BCUT2D eigenvalue weighted by Crippen LogP contribution is 2.19. The van der Waals surface area contributed by atoms with Crippen molar-refractivity contribution < 1.29 is 4.79 Å². The lowest BCUT2D eigenvalue weighted by atomic mass is 10.1. The van der Waals surface area contributed by atoms with Crippen LogP contribution < -0.4 is 10.9 Å². The molecule has 0 bridgehead atoms. The number of anilines is 1. The van der Waals surface area contributed by atoms with Gasteiger partial charge < -0.3 is 14.5 Å². The molecular weight excluding hydrogens is 380 g/mol. The number of fused-ring (bicyclic) bond motifs is 1. The van der Waals surface area contributed by atoms with E-state index in [0.29, 0.717) is 16.9 Å². The summed E-state index contributed by atoms with van der Waals surface area (Å²) in [5.74, 6) is -0.448. The zero-order valence-electron chi connectivity index (χ0n) is 17.1. The largest absolute Gasteiger partial charge is 0.331 e. The van der Waals surface area contributed by atoms with Crippen LogP contribution in [0, 0.1) is 13.8 Å². The molecule has 0 aliphatic heterocycles. The highest BCUT2D eigenvalue weighted by atomic mass is 16.2. The van der Waals surface area contributed by atoms with Crippen molar-refractivity contribution in [1.82, 2.24) is 24.1 Å². The summed E-state index contributed by atoms with van der Waals surface area (Å²) in [6.45, 7) is 6.70. The summed E-state index contributed by atoms with van der Waals surface area (Å²) in [7, 11) is 0. The van der Waals surface area contributed by atoms with Crippen molar-refractivity contribution in [3.05, 3.63) is 82.1 Å². The van der Waals surface area contributed by atoms with Crippen LogP contribution >= 0.6 is 0 Å². The number of imidazole rings is 1. The van der Waals surface area contributed by atoms with Gasteiger partial charge in [0.15, 0.2) is 0 Å². The van der Waals surface area contributed by atoms with E-state index in [2.05, 4.69) is 20.3 Å². The minimum absolute atomic E-state index is 0.108. The first-order chi connectivity index (χ1) is 14.5. The maximum atomic E-state index is 13.0. The van der Waals surface area contributed by atoms with E-state index >= 15 is 0 Å². The SMILES string of the molecule is CCn1cnc2cc(NC(=O)c3c(C)ccn(Cc4cnc(C)cn4)c3=O)ccc21. The van der Waals surface area contributed by atoms with Crippen LogP contribution in [-0.2, 0) is 13.1 Å². The molecule has 0 aliphatic rings. The standard InChI is InChI=1S/C22H22N6O2/c1-4-27-13-25-18-9-16(5-6-19(18)27)26-21(29)20-14(2)7-8-28(22(20)30)12-17-11-23-15(3)10-24-17/h5-11,13H,4,12H2,1-3H3,(H,26,29). The number of aryl methyl sites for hydroxylation is 3. The van der Waals surface area contributed by atoms with E-state index in [1.165, 1.54) is 4.57 Å². The Hall–Kier alpha value is -3.81. The summed E-state index contributed by atoms with van der Waals surface area (Å²) >= 11 is 0. The van der Waals surface area contributed by atoms with Gasteiger partial charge >= 0.3 is 0 Å². The predicted octanol–water partition coefficient (Wildman–Crippen LogP) is 2.93. The Bertz CT molecular complexity index is 1290. The normalized spacial score (nSPS) is 11.0. The number of pyridine rings is 1. The number of rotatable bonds is 5. The fourth-order valence-electron chi connectivity index (χ4n) is 3.33. The summed E-state index contributed by atoms with van der Waals surface area (Å²) in [5.41, 5.74) is 4.17. The smallest absolute Gasteiger partial charge is 0.264 e. The lowest BCUT2D eigenvalue weighted by molar-refractivity contribution is 0.102. The molecule has 30 heavy (non-hydrogen) atoms. The fraction of sp³-hybridized carbons (Fsp3) is 0.227. The Labute approximate surface area is 173 Å². The molecule has 0 saturated heterocycles. The van der Waals surface area contributed by atoms with E-state index < -0.39 is 5.91 Å². The first-order valence-electron chi connectivity index (χ1n) is 9.70. The summed E-state index contributed by atoms with van der Waals surface area (Å²) in [4.78, 5) is 38.8. The second-order valence-electron chi connectivity index (χ2n) is 7.14. The van der Waals surface area contributed by atoms with Crippen LogP contribution in [0.15, 0.2) is 54.0 Å². The molecule has 152 valence electrons. The Morgan fingerprint density at radius 3 is 2.63 bits per heavy atom. The maximum Gasteiger partial charge on any atom is 0.264 e. The van der Waals surface area contributed by atoms with Crippen LogP contribution in [0.25, 0.3) is 11.0 Å². The van der Waals surface area contributed by atoms with Crippen LogP contribution in [-0.4, -0.2) is 30.0 Å². The molecule has 0 unspecified atom stereocenters. The number of hydrogen-bond acceptors (Lipinski definition) is 5. The van der Waals surface area contributed by atoms with Crippen LogP contribution in [0.5, 0.6) is 0 Å². The van der Waals surface area contributed by atoms with Gasteiger partial charge in [0.05, 0.1) is 41.5 Å². The van der Waals surface area contributed by atoms with Crippen molar-refractivity contribution >= 4 is 22.6 Å². The second kappa shape index (κ2) is 7.90. The molecular formula is C22H22N6O2. The summed E-state index contributed by atoms with van der Waals surface area (Å²) in [5, 5.41) is 2.83. The lowest BCUT2D eigenvalue weighted by Crippen LogP contribution is -2.30. The Kier molecular flexibility index (Phi) is 5.14. The van der Waals surface area contributed by atoms with E-state index in [1.807, 2.05) is 30.5 Å². The van der Waals surface area contributed by atoms with Gasteiger partial charge in [-0.2, -0.15) is 0 Å². The van der Waals surface area contributed by atoms with E-state index in [0.717, 1.165) is 23.3 Å². The minimum Gasteiger partial charge on any atom is -0.331 e. The third kappa shape index (κ3) is 3.71. The number of hydrogen-bond donors (Lipinski definition) is 1. The minimum atomic E-state index is -0.448. The van der Waals surface area contributed by atoms with Gasteiger partial charge in [0.25, 0.3) is 11.5 Å². The molecule has 0 radical (unpaired) electrons. The monoisotopic (exact) mass is 402 g/mol. The highest BCUT2D eigenvalue weighted by Gasteiger charge is 2.17. The third-order valence-electron chi connectivity index (χ3n) is 4.99. The molecule has 3 heterocycles. The number of carbonyl (C=O) groups excluding carboxylic acids is 1. The van der Waals surface area contributed by atoms with Gasteiger partial charge in [0.1, 0.15) is 5.56 Å². The summed E-state index contributed by atoms with van der Waals surface area (Å²) in [6, 6.07) is 7.28. The first-order valence-corrected chi connectivity index (χ1v) is 9.70. The lowest BCUT2D eigenvalue weighted by Gasteiger charge is -2.11. The van der Waals surface area contributed by atoms with Gasteiger partial charge in [-0.05, 0) is 50.6 Å². The average Bonchev–Trinajstić information content (AvgIpc) is 3.14.